The van der Waals surface area contributed by atoms with Crippen LogP contribution in [0.15, 0.2) is 30.3 Å². The van der Waals surface area contributed by atoms with E-state index >= 15 is 0 Å². The van der Waals surface area contributed by atoms with Gasteiger partial charge in [0.1, 0.15) is 11.6 Å². The summed E-state index contributed by atoms with van der Waals surface area (Å²) in [6.45, 7) is 8.71. The van der Waals surface area contributed by atoms with Crippen molar-refractivity contribution in [3.8, 4) is 6.07 Å². The van der Waals surface area contributed by atoms with Crippen LogP contribution in [-0.2, 0) is 6.54 Å². The lowest BCUT2D eigenvalue weighted by Gasteiger charge is -2.28. The second kappa shape index (κ2) is 6.36. The van der Waals surface area contributed by atoms with Crippen molar-refractivity contribution < 1.29 is 0 Å². The second-order valence-electron chi connectivity index (χ2n) is 5.43. The molecule has 0 aliphatic rings. The van der Waals surface area contributed by atoms with Crippen LogP contribution in [0.1, 0.15) is 36.2 Å². The fourth-order valence-electron chi connectivity index (χ4n) is 2.21. The van der Waals surface area contributed by atoms with Crippen molar-refractivity contribution in [1.82, 2.24) is 10.2 Å². The lowest BCUT2D eigenvalue weighted by atomic mass is 10.1. The van der Waals surface area contributed by atoms with E-state index < -0.39 is 0 Å². The van der Waals surface area contributed by atoms with Gasteiger partial charge in [0.25, 0.3) is 0 Å². The first kappa shape index (κ1) is 15.0. The highest BCUT2D eigenvalue weighted by Gasteiger charge is 2.19. The van der Waals surface area contributed by atoms with E-state index in [0.717, 1.165) is 11.3 Å². The molecule has 0 spiro atoms. The first-order chi connectivity index (χ1) is 10.0. The summed E-state index contributed by atoms with van der Waals surface area (Å²) in [6.07, 6.45) is 0. The molecule has 2 aromatic rings. The van der Waals surface area contributed by atoms with Crippen LogP contribution in [0.3, 0.4) is 0 Å². The highest BCUT2D eigenvalue weighted by Crippen LogP contribution is 2.24. The Bertz CT molecular complexity index is 656. The van der Waals surface area contributed by atoms with Gasteiger partial charge in [0.05, 0.1) is 5.69 Å². The van der Waals surface area contributed by atoms with Crippen molar-refractivity contribution in [1.29, 1.82) is 5.26 Å². The number of benzene rings is 1. The molecule has 0 aliphatic heterocycles. The molecule has 1 heterocycles. The van der Waals surface area contributed by atoms with E-state index in [1.54, 1.807) is 0 Å². The smallest absolute Gasteiger partial charge is 0.170 e. The summed E-state index contributed by atoms with van der Waals surface area (Å²) in [4.78, 5) is 2.12. The van der Waals surface area contributed by atoms with Gasteiger partial charge in [-0.05, 0) is 38.8 Å². The average molecular weight is 280 g/mol. The first-order valence-electron chi connectivity index (χ1n) is 7.09. The summed E-state index contributed by atoms with van der Waals surface area (Å²) >= 11 is 0. The largest absolute Gasteiger partial charge is 0.347 e. The van der Waals surface area contributed by atoms with Crippen LogP contribution < -0.4 is 4.90 Å². The molecule has 0 radical (unpaired) electrons. The number of aromatic nitrogens is 2. The number of aryl methyl sites for hydroxylation is 1. The maximum Gasteiger partial charge on any atom is 0.170 e. The third kappa shape index (κ3) is 3.19. The Morgan fingerprint density at radius 3 is 2.38 bits per heavy atom. The second-order valence-corrected chi connectivity index (χ2v) is 5.43. The molecule has 0 N–H and O–H groups in total. The van der Waals surface area contributed by atoms with Crippen molar-refractivity contribution in [2.24, 2.45) is 0 Å². The predicted octanol–water partition coefficient (Wildman–Crippen LogP) is 3.38. The van der Waals surface area contributed by atoms with Gasteiger partial charge in [-0.15, -0.1) is 5.10 Å². The molecule has 4 nitrogen and oxygen atoms in total. The summed E-state index contributed by atoms with van der Waals surface area (Å²) in [6, 6.07) is 12.7. The van der Waals surface area contributed by atoms with Gasteiger partial charge in [0, 0.05) is 12.6 Å². The van der Waals surface area contributed by atoms with Crippen LogP contribution in [-0.4, -0.2) is 16.2 Å². The molecule has 1 aromatic heterocycles. The minimum absolute atomic E-state index is 0.230. The van der Waals surface area contributed by atoms with Crippen LogP contribution in [0.4, 0.5) is 5.82 Å². The number of anilines is 1. The quantitative estimate of drug-likeness (QED) is 0.861. The lowest BCUT2D eigenvalue weighted by molar-refractivity contribution is 0.662. The molecule has 21 heavy (non-hydrogen) atoms. The van der Waals surface area contributed by atoms with Crippen LogP contribution in [0.5, 0.6) is 0 Å². The highest BCUT2D eigenvalue weighted by atomic mass is 15.3. The molecule has 0 fully saturated rings. The van der Waals surface area contributed by atoms with Gasteiger partial charge in [-0.25, -0.2) is 0 Å². The molecule has 0 aliphatic carbocycles. The lowest BCUT2D eigenvalue weighted by Crippen LogP contribution is -2.32. The summed E-state index contributed by atoms with van der Waals surface area (Å²) < 4.78 is 0. The van der Waals surface area contributed by atoms with Gasteiger partial charge in [0.2, 0.25) is 0 Å². The Morgan fingerprint density at radius 2 is 1.81 bits per heavy atom. The van der Waals surface area contributed by atoms with E-state index in [9.17, 15) is 5.26 Å². The van der Waals surface area contributed by atoms with E-state index in [1.165, 1.54) is 5.56 Å². The zero-order valence-electron chi connectivity index (χ0n) is 13.0. The molecular weight excluding hydrogens is 260 g/mol. The summed E-state index contributed by atoms with van der Waals surface area (Å²) in [5.74, 6) is 0.666. The van der Waals surface area contributed by atoms with E-state index in [2.05, 4.69) is 47.1 Å². The zero-order chi connectivity index (χ0) is 15.4. The van der Waals surface area contributed by atoms with Gasteiger partial charge >= 0.3 is 0 Å². The molecule has 0 amide bonds. The molecular formula is C17H20N4. The molecule has 1 aromatic carbocycles. The normalized spacial score (nSPS) is 10.5. The Labute approximate surface area is 126 Å². The minimum atomic E-state index is 0.230. The fourth-order valence-corrected chi connectivity index (χ4v) is 2.21. The van der Waals surface area contributed by atoms with Gasteiger partial charge in [-0.1, -0.05) is 30.3 Å². The molecule has 0 saturated carbocycles. The van der Waals surface area contributed by atoms with Gasteiger partial charge in [-0.2, -0.15) is 10.4 Å². The molecule has 108 valence electrons. The minimum Gasteiger partial charge on any atom is -0.347 e. The monoisotopic (exact) mass is 280 g/mol. The highest BCUT2D eigenvalue weighted by molar-refractivity contribution is 5.58. The van der Waals surface area contributed by atoms with Crippen LogP contribution in [0.2, 0.25) is 0 Å². The number of hydrogen-bond acceptors (Lipinski definition) is 4. The van der Waals surface area contributed by atoms with Crippen molar-refractivity contribution in [3.63, 3.8) is 0 Å². The van der Waals surface area contributed by atoms with Gasteiger partial charge < -0.3 is 4.90 Å². The van der Waals surface area contributed by atoms with Crippen LogP contribution in [0, 0.1) is 25.2 Å². The van der Waals surface area contributed by atoms with Crippen molar-refractivity contribution in [2.45, 2.75) is 40.3 Å². The molecule has 4 heteroatoms. The summed E-state index contributed by atoms with van der Waals surface area (Å²) in [5, 5.41) is 17.9. The fraction of sp³-hybridized carbons (Fsp3) is 0.353. The third-order valence-corrected chi connectivity index (χ3v) is 3.64. The number of hydrogen-bond donors (Lipinski definition) is 0. The Kier molecular flexibility index (Phi) is 4.54. The van der Waals surface area contributed by atoms with Gasteiger partial charge in [-0.3, -0.25) is 0 Å². The van der Waals surface area contributed by atoms with E-state index in [-0.39, 0.29) is 6.04 Å². The first-order valence-corrected chi connectivity index (χ1v) is 7.09. The molecule has 0 bridgehead atoms. The van der Waals surface area contributed by atoms with Crippen molar-refractivity contribution in [2.75, 3.05) is 4.90 Å². The SMILES string of the molecule is Cc1nnc(N(Cc2ccccc2)C(C)C)c(C#N)c1C. The van der Waals surface area contributed by atoms with E-state index in [1.807, 2.05) is 32.0 Å². The van der Waals surface area contributed by atoms with Crippen LogP contribution >= 0.6 is 0 Å². The molecule has 0 atom stereocenters. The van der Waals surface area contributed by atoms with Crippen molar-refractivity contribution >= 4 is 5.82 Å². The molecule has 2 rings (SSSR count). The maximum absolute atomic E-state index is 9.48. The van der Waals surface area contributed by atoms with E-state index in [0.29, 0.717) is 17.9 Å². The number of nitriles is 1. The summed E-state index contributed by atoms with van der Waals surface area (Å²) in [5.41, 5.74) is 3.52. The Hall–Kier alpha value is -2.41. The zero-order valence-corrected chi connectivity index (χ0v) is 13.0. The molecule has 0 unspecified atom stereocenters. The predicted molar refractivity (Wildman–Crippen MR) is 84.0 cm³/mol. The van der Waals surface area contributed by atoms with Crippen LogP contribution in [0.25, 0.3) is 0 Å². The Balaban J connectivity index is 2.45. The number of nitrogens with zero attached hydrogens (tertiary/aromatic N) is 4. The average Bonchev–Trinajstić information content (AvgIpc) is 2.48. The van der Waals surface area contributed by atoms with Crippen molar-refractivity contribution in [3.05, 3.63) is 52.7 Å². The molecule has 0 saturated heterocycles. The third-order valence-electron chi connectivity index (χ3n) is 3.64. The van der Waals surface area contributed by atoms with Gasteiger partial charge in [0.15, 0.2) is 5.82 Å². The summed E-state index contributed by atoms with van der Waals surface area (Å²) in [7, 11) is 0. The number of rotatable bonds is 4. The topological polar surface area (TPSA) is 52.8 Å². The van der Waals surface area contributed by atoms with E-state index in [4.69, 9.17) is 0 Å². The maximum atomic E-state index is 9.48. The Morgan fingerprint density at radius 1 is 1.14 bits per heavy atom. The standard InChI is InChI=1S/C17H20N4/c1-12(2)21(11-15-8-6-5-7-9-15)17-16(10-18)13(3)14(4)19-20-17/h5-9,12H,11H2,1-4H3.